The monoisotopic (exact) mass is 343 g/mol. The van der Waals surface area contributed by atoms with Crippen LogP contribution >= 0.6 is 0 Å². The molecule has 3 atom stereocenters. The lowest BCUT2D eigenvalue weighted by molar-refractivity contribution is 0.0661. The van der Waals surface area contributed by atoms with Gasteiger partial charge in [-0.25, -0.2) is 0 Å². The maximum Gasteiger partial charge on any atom is 0.121 e. The van der Waals surface area contributed by atoms with Crippen LogP contribution in [-0.4, -0.2) is 53.9 Å². The summed E-state index contributed by atoms with van der Waals surface area (Å²) in [4.78, 5) is 6.86. The van der Waals surface area contributed by atoms with Crippen molar-refractivity contribution in [3.63, 3.8) is 0 Å². The van der Waals surface area contributed by atoms with Gasteiger partial charge in [0.05, 0.1) is 24.4 Å². The molecular weight excluding hydrogens is 314 g/mol. The average Bonchev–Trinajstić information content (AvgIpc) is 2.61. The molecule has 0 aliphatic carbocycles. The molecule has 1 fully saturated rings. The second-order valence-corrected chi connectivity index (χ2v) is 7.26. The van der Waals surface area contributed by atoms with E-state index in [1.807, 2.05) is 24.3 Å². The highest BCUT2D eigenvalue weighted by atomic mass is 16.5. The Balaban J connectivity index is 1.64. The molecule has 0 spiro atoms. The minimum Gasteiger partial charge on any atom is -0.497 e. The number of pyridine rings is 1. The molecule has 3 rings (SSSR count). The number of likely N-dealkylation sites (tertiary alicyclic amines) is 1. The third-order valence-electron chi connectivity index (χ3n) is 5.16. The predicted molar refractivity (Wildman–Crippen MR) is 102 cm³/mol. The second kappa shape index (κ2) is 8.02. The topological polar surface area (TPSA) is 57.6 Å². The first-order chi connectivity index (χ1) is 12.1. The first kappa shape index (κ1) is 18.0. The van der Waals surface area contributed by atoms with Crippen LogP contribution < -0.4 is 10.1 Å². The standard InChI is InChI=1S/C20H29N3O2/c1-14-6-8-23(15(2)9-14)13-17(24)12-22-19-11-18(25-3)10-16-5-4-7-21-20(16)19/h4-5,7,10-11,14-15,17,22,24H,6,8-9,12-13H2,1-3H3/t14-,15+,17+/m1/s1. The van der Waals surface area contributed by atoms with Gasteiger partial charge >= 0.3 is 0 Å². The molecule has 0 saturated carbocycles. The van der Waals surface area contributed by atoms with Gasteiger partial charge in [-0.2, -0.15) is 0 Å². The number of anilines is 1. The number of fused-ring (bicyclic) bond motifs is 1. The molecule has 1 aliphatic heterocycles. The summed E-state index contributed by atoms with van der Waals surface area (Å²) < 4.78 is 5.38. The molecule has 2 aromatic rings. The Bertz CT molecular complexity index is 706. The maximum absolute atomic E-state index is 10.5. The molecule has 2 N–H and O–H groups in total. The van der Waals surface area contributed by atoms with Gasteiger partial charge < -0.3 is 15.2 Å². The lowest BCUT2D eigenvalue weighted by Crippen LogP contribution is -2.45. The van der Waals surface area contributed by atoms with E-state index in [2.05, 4.69) is 29.0 Å². The number of hydrogen-bond acceptors (Lipinski definition) is 5. The van der Waals surface area contributed by atoms with Crippen molar-refractivity contribution in [2.24, 2.45) is 5.92 Å². The lowest BCUT2D eigenvalue weighted by Gasteiger charge is -2.37. The summed E-state index contributed by atoms with van der Waals surface area (Å²) in [6, 6.07) is 8.38. The molecule has 1 aliphatic rings. The van der Waals surface area contributed by atoms with Crippen molar-refractivity contribution in [2.45, 2.75) is 38.8 Å². The minimum absolute atomic E-state index is 0.416. The summed E-state index contributed by atoms with van der Waals surface area (Å²) in [5.74, 6) is 1.58. The van der Waals surface area contributed by atoms with Gasteiger partial charge in [0, 0.05) is 36.8 Å². The van der Waals surface area contributed by atoms with Crippen molar-refractivity contribution in [3.05, 3.63) is 30.5 Å². The van der Waals surface area contributed by atoms with Gasteiger partial charge in [0.15, 0.2) is 0 Å². The number of nitrogens with one attached hydrogen (secondary N) is 1. The zero-order chi connectivity index (χ0) is 17.8. The normalized spacial score (nSPS) is 22.7. The van der Waals surface area contributed by atoms with E-state index in [1.165, 1.54) is 12.8 Å². The number of β-amino-alcohol motifs (C(OH)–C–C–N with tert-alkyl or cyclic N) is 1. The highest BCUT2D eigenvalue weighted by molar-refractivity contribution is 5.91. The Labute approximate surface area is 150 Å². The van der Waals surface area contributed by atoms with Crippen molar-refractivity contribution in [3.8, 4) is 5.75 Å². The maximum atomic E-state index is 10.5. The number of nitrogens with zero attached hydrogens (tertiary/aromatic N) is 2. The minimum atomic E-state index is -0.416. The molecule has 2 heterocycles. The number of ether oxygens (including phenoxy) is 1. The largest absolute Gasteiger partial charge is 0.497 e. The molecule has 0 radical (unpaired) electrons. The van der Waals surface area contributed by atoms with Crippen molar-refractivity contribution in [2.75, 3.05) is 32.1 Å². The van der Waals surface area contributed by atoms with Crippen LogP contribution in [0.15, 0.2) is 30.5 Å². The second-order valence-electron chi connectivity index (χ2n) is 7.26. The van der Waals surface area contributed by atoms with E-state index in [0.717, 1.165) is 34.8 Å². The Morgan fingerprint density at radius 1 is 1.40 bits per heavy atom. The van der Waals surface area contributed by atoms with Crippen LogP contribution in [0.25, 0.3) is 10.9 Å². The smallest absolute Gasteiger partial charge is 0.121 e. The summed E-state index contributed by atoms with van der Waals surface area (Å²) in [5, 5.41) is 14.9. The number of benzene rings is 1. The average molecular weight is 343 g/mol. The fourth-order valence-electron chi connectivity index (χ4n) is 3.71. The molecule has 5 heteroatoms. The molecular formula is C20H29N3O2. The number of hydrogen-bond donors (Lipinski definition) is 2. The van der Waals surface area contributed by atoms with Crippen LogP contribution in [0.3, 0.4) is 0 Å². The Morgan fingerprint density at radius 2 is 2.24 bits per heavy atom. The van der Waals surface area contributed by atoms with Crippen LogP contribution in [0, 0.1) is 5.92 Å². The first-order valence-corrected chi connectivity index (χ1v) is 9.15. The number of piperidine rings is 1. The Hall–Kier alpha value is -1.85. The lowest BCUT2D eigenvalue weighted by atomic mass is 9.93. The van der Waals surface area contributed by atoms with Crippen molar-refractivity contribution < 1.29 is 9.84 Å². The van der Waals surface area contributed by atoms with Crippen LogP contribution in [-0.2, 0) is 0 Å². The third-order valence-corrected chi connectivity index (χ3v) is 5.16. The molecule has 1 aromatic heterocycles. The van der Waals surface area contributed by atoms with Crippen LogP contribution in [0.5, 0.6) is 5.75 Å². The third kappa shape index (κ3) is 4.41. The van der Waals surface area contributed by atoms with E-state index in [-0.39, 0.29) is 0 Å². The van der Waals surface area contributed by atoms with Crippen LogP contribution in [0.2, 0.25) is 0 Å². The number of methoxy groups -OCH3 is 1. The van der Waals surface area contributed by atoms with Crippen molar-refractivity contribution >= 4 is 16.6 Å². The number of rotatable bonds is 6. The Morgan fingerprint density at radius 3 is 3.00 bits per heavy atom. The summed E-state index contributed by atoms with van der Waals surface area (Å²) in [6.07, 6.45) is 3.80. The summed E-state index contributed by atoms with van der Waals surface area (Å²) >= 11 is 0. The van der Waals surface area contributed by atoms with Gasteiger partial charge in [0.2, 0.25) is 0 Å². The zero-order valence-corrected chi connectivity index (χ0v) is 15.4. The highest BCUT2D eigenvalue weighted by Crippen LogP contribution is 2.28. The summed E-state index contributed by atoms with van der Waals surface area (Å²) in [6.45, 7) is 6.85. The van der Waals surface area contributed by atoms with Crippen molar-refractivity contribution in [1.29, 1.82) is 0 Å². The molecule has 5 nitrogen and oxygen atoms in total. The van der Waals surface area contributed by atoms with Gasteiger partial charge in [0.25, 0.3) is 0 Å². The number of aliphatic hydroxyl groups is 1. The van der Waals surface area contributed by atoms with Gasteiger partial charge in [0.1, 0.15) is 5.75 Å². The highest BCUT2D eigenvalue weighted by Gasteiger charge is 2.24. The fraction of sp³-hybridized carbons (Fsp3) is 0.550. The van der Waals surface area contributed by atoms with E-state index in [0.29, 0.717) is 19.1 Å². The van der Waals surface area contributed by atoms with Gasteiger partial charge in [-0.1, -0.05) is 13.0 Å². The van der Waals surface area contributed by atoms with Crippen LogP contribution in [0.1, 0.15) is 26.7 Å². The van der Waals surface area contributed by atoms with Crippen LogP contribution in [0.4, 0.5) is 5.69 Å². The van der Waals surface area contributed by atoms with E-state index < -0.39 is 6.10 Å². The molecule has 1 saturated heterocycles. The molecule has 0 unspecified atom stereocenters. The number of aromatic nitrogens is 1. The molecule has 136 valence electrons. The fourth-order valence-corrected chi connectivity index (χ4v) is 3.71. The number of aliphatic hydroxyl groups excluding tert-OH is 1. The molecule has 0 amide bonds. The van der Waals surface area contributed by atoms with E-state index in [9.17, 15) is 5.11 Å². The van der Waals surface area contributed by atoms with E-state index in [1.54, 1.807) is 13.3 Å². The van der Waals surface area contributed by atoms with Gasteiger partial charge in [-0.3, -0.25) is 9.88 Å². The molecule has 25 heavy (non-hydrogen) atoms. The predicted octanol–water partition coefficient (Wildman–Crippen LogP) is 3.14. The molecule has 0 bridgehead atoms. The van der Waals surface area contributed by atoms with Gasteiger partial charge in [-0.05, 0) is 44.4 Å². The van der Waals surface area contributed by atoms with E-state index >= 15 is 0 Å². The quantitative estimate of drug-likeness (QED) is 0.844. The summed E-state index contributed by atoms with van der Waals surface area (Å²) in [7, 11) is 1.66. The molecule has 1 aromatic carbocycles. The summed E-state index contributed by atoms with van der Waals surface area (Å²) in [5.41, 5.74) is 1.80. The first-order valence-electron chi connectivity index (χ1n) is 9.15. The van der Waals surface area contributed by atoms with Gasteiger partial charge in [-0.15, -0.1) is 0 Å². The SMILES string of the molecule is COc1cc(NC[C@H](O)CN2CC[C@@H](C)C[C@@H]2C)c2ncccc2c1. The zero-order valence-electron chi connectivity index (χ0n) is 15.4. The Kier molecular flexibility index (Phi) is 5.76. The van der Waals surface area contributed by atoms with Crippen molar-refractivity contribution in [1.82, 2.24) is 9.88 Å². The van der Waals surface area contributed by atoms with E-state index in [4.69, 9.17) is 4.74 Å².